The van der Waals surface area contributed by atoms with E-state index in [-0.39, 0.29) is 0 Å². The fraction of sp³-hybridized carbons (Fsp3) is 0.556. The minimum absolute atomic E-state index is 1.04. The number of likely N-dealkylation sites (N-methyl/N-ethyl adjacent to an activating group) is 1. The molecule has 1 aromatic carbocycles. The van der Waals surface area contributed by atoms with E-state index in [1.54, 1.807) is 0 Å². The van der Waals surface area contributed by atoms with E-state index >= 15 is 0 Å². The normalized spacial score (nSPS) is 20.4. The zero-order valence-corrected chi connectivity index (χ0v) is 13.4. The SMILES string of the molecule is C=C(C)CN1CCN(c2ccc3c(c2)CN(C)CC3)CC1. The largest absolute Gasteiger partial charge is 0.369 e. The standard InChI is InChI=1S/C18H27N3/c1-15(2)13-20-8-10-21(11-9-20)18-5-4-16-6-7-19(3)14-17(16)12-18/h4-5,12H,1,6-11,13-14H2,2-3H3. The second kappa shape index (κ2) is 6.20. The number of hydrogen-bond acceptors (Lipinski definition) is 3. The number of benzene rings is 1. The summed E-state index contributed by atoms with van der Waals surface area (Å²) in [6.07, 6.45) is 1.19. The van der Waals surface area contributed by atoms with E-state index in [1.807, 2.05) is 0 Å². The third-order valence-corrected chi connectivity index (χ3v) is 4.62. The molecule has 114 valence electrons. The molecule has 0 atom stereocenters. The van der Waals surface area contributed by atoms with Crippen LogP contribution in [-0.4, -0.2) is 56.1 Å². The van der Waals surface area contributed by atoms with Crippen molar-refractivity contribution in [3.8, 4) is 0 Å². The van der Waals surface area contributed by atoms with Gasteiger partial charge in [0.25, 0.3) is 0 Å². The third-order valence-electron chi connectivity index (χ3n) is 4.62. The number of hydrogen-bond donors (Lipinski definition) is 0. The molecular weight excluding hydrogens is 258 g/mol. The highest BCUT2D eigenvalue weighted by molar-refractivity contribution is 5.52. The molecule has 3 rings (SSSR count). The van der Waals surface area contributed by atoms with Crippen LogP contribution in [0.1, 0.15) is 18.1 Å². The lowest BCUT2D eigenvalue weighted by molar-refractivity contribution is 0.278. The van der Waals surface area contributed by atoms with Crippen molar-refractivity contribution in [3.05, 3.63) is 41.5 Å². The molecular formula is C18H27N3. The average Bonchev–Trinajstić information content (AvgIpc) is 2.46. The molecule has 2 heterocycles. The maximum absolute atomic E-state index is 4.02. The van der Waals surface area contributed by atoms with Gasteiger partial charge in [0.05, 0.1) is 0 Å². The van der Waals surface area contributed by atoms with Crippen LogP contribution in [-0.2, 0) is 13.0 Å². The molecule has 21 heavy (non-hydrogen) atoms. The van der Waals surface area contributed by atoms with Gasteiger partial charge in [-0.15, -0.1) is 0 Å². The Morgan fingerprint density at radius 3 is 2.57 bits per heavy atom. The van der Waals surface area contributed by atoms with Crippen LogP contribution in [0.5, 0.6) is 0 Å². The molecule has 3 heteroatoms. The second-order valence-electron chi connectivity index (χ2n) is 6.66. The van der Waals surface area contributed by atoms with Gasteiger partial charge >= 0.3 is 0 Å². The molecule has 0 aromatic heterocycles. The average molecular weight is 285 g/mol. The van der Waals surface area contributed by atoms with Crippen molar-refractivity contribution in [2.75, 3.05) is 51.2 Å². The van der Waals surface area contributed by atoms with E-state index in [2.05, 4.69) is 53.4 Å². The van der Waals surface area contributed by atoms with Crippen LogP contribution in [0.3, 0.4) is 0 Å². The highest BCUT2D eigenvalue weighted by Crippen LogP contribution is 2.25. The molecule has 2 aliphatic heterocycles. The maximum Gasteiger partial charge on any atom is 0.0370 e. The van der Waals surface area contributed by atoms with Crippen LogP contribution in [0.4, 0.5) is 5.69 Å². The molecule has 1 saturated heterocycles. The van der Waals surface area contributed by atoms with Gasteiger partial charge in [0.2, 0.25) is 0 Å². The van der Waals surface area contributed by atoms with E-state index in [9.17, 15) is 0 Å². The van der Waals surface area contributed by atoms with Gasteiger partial charge in [-0.05, 0) is 43.7 Å². The van der Waals surface area contributed by atoms with Gasteiger partial charge in [-0.1, -0.05) is 18.2 Å². The quantitative estimate of drug-likeness (QED) is 0.790. The van der Waals surface area contributed by atoms with Crippen LogP contribution in [0.15, 0.2) is 30.4 Å². The number of anilines is 1. The summed E-state index contributed by atoms with van der Waals surface area (Å²) in [5.41, 5.74) is 5.72. The number of fused-ring (bicyclic) bond motifs is 1. The van der Waals surface area contributed by atoms with Crippen molar-refractivity contribution < 1.29 is 0 Å². The molecule has 0 N–H and O–H groups in total. The summed E-state index contributed by atoms with van der Waals surface area (Å²) in [5.74, 6) is 0. The van der Waals surface area contributed by atoms with E-state index in [4.69, 9.17) is 0 Å². The van der Waals surface area contributed by atoms with E-state index in [0.29, 0.717) is 0 Å². The van der Waals surface area contributed by atoms with Crippen molar-refractivity contribution in [3.63, 3.8) is 0 Å². The molecule has 0 bridgehead atoms. The molecule has 3 nitrogen and oxygen atoms in total. The Balaban J connectivity index is 1.66. The van der Waals surface area contributed by atoms with Crippen molar-refractivity contribution in [1.29, 1.82) is 0 Å². The van der Waals surface area contributed by atoms with Crippen molar-refractivity contribution >= 4 is 5.69 Å². The fourth-order valence-electron chi connectivity index (χ4n) is 3.43. The van der Waals surface area contributed by atoms with Gasteiger partial charge in [0, 0.05) is 51.5 Å². The Bertz CT molecular complexity index is 515. The van der Waals surface area contributed by atoms with Crippen LogP contribution in [0.25, 0.3) is 0 Å². The van der Waals surface area contributed by atoms with Crippen LogP contribution in [0, 0.1) is 0 Å². The molecule has 0 aliphatic carbocycles. The number of piperazine rings is 1. The monoisotopic (exact) mass is 285 g/mol. The highest BCUT2D eigenvalue weighted by Gasteiger charge is 2.19. The van der Waals surface area contributed by atoms with E-state index < -0.39 is 0 Å². The Hall–Kier alpha value is -1.32. The summed E-state index contributed by atoms with van der Waals surface area (Å²) in [5, 5.41) is 0. The molecule has 1 fully saturated rings. The maximum atomic E-state index is 4.02. The Labute approximate surface area is 128 Å². The lowest BCUT2D eigenvalue weighted by Gasteiger charge is -2.37. The van der Waals surface area contributed by atoms with Crippen LogP contribution >= 0.6 is 0 Å². The van der Waals surface area contributed by atoms with Gasteiger partial charge in [-0.3, -0.25) is 4.90 Å². The predicted octanol–water partition coefficient (Wildman–Crippen LogP) is 2.37. The minimum Gasteiger partial charge on any atom is -0.369 e. The van der Waals surface area contributed by atoms with Crippen molar-refractivity contribution in [2.45, 2.75) is 19.9 Å². The van der Waals surface area contributed by atoms with Gasteiger partial charge in [-0.2, -0.15) is 0 Å². The first-order valence-electron chi connectivity index (χ1n) is 8.04. The zero-order chi connectivity index (χ0) is 14.8. The molecule has 0 saturated carbocycles. The van der Waals surface area contributed by atoms with Gasteiger partial charge in [0.15, 0.2) is 0 Å². The van der Waals surface area contributed by atoms with Crippen molar-refractivity contribution in [2.24, 2.45) is 0 Å². The van der Waals surface area contributed by atoms with Gasteiger partial charge in [0.1, 0.15) is 0 Å². The summed E-state index contributed by atoms with van der Waals surface area (Å²) in [6.45, 7) is 14.0. The Kier molecular flexibility index (Phi) is 4.32. The first-order chi connectivity index (χ1) is 10.1. The lowest BCUT2D eigenvalue weighted by Crippen LogP contribution is -2.46. The zero-order valence-electron chi connectivity index (χ0n) is 13.4. The number of rotatable bonds is 3. The molecule has 0 radical (unpaired) electrons. The van der Waals surface area contributed by atoms with E-state index in [1.165, 1.54) is 35.4 Å². The number of nitrogens with zero attached hydrogens (tertiary/aromatic N) is 3. The van der Waals surface area contributed by atoms with Crippen LogP contribution < -0.4 is 4.90 Å². The third kappa shape index (κ3) is 3.47. The molecule has 0 amide bonds. The predicted molar refractivity (Wildman–Crippen MR) is 89.9 cm³/mol. The molecule has 1 aromatic rings. The van der Waals surface area contributed by atoms with Gasteiger partial charge < -0.3 is 9.80 Å². The Morgan fingerprint density at radius 1 is 1.10 bits per heavy atom. The molecule has 0 unspecified atom stereocenters. The summed E-state index contributed by atoms with van der Waals surface area (Å²) in [6, 6.07) is 7.08. The summed E-state index contributed by atoms with van der Waals surface area (Å²) >= 11 is 0. The molecule has 0 spiro atoms. The van der Waals surface area contributed by atoms with E-state index in [0.717, 1.165) is 39.3 Å². The van der Waals surface area contributed by atoms with Gasteiger partial charge in [-0.25, -0.2) is 0 Å². The molecule has 2 aliphatic rings. The summed E-state index contributed by atoms with van der Waals surface area (Å²) in [4.78, 5) is 7.45. The summed E-state index contributed by atoms with van der Waals surface area (Å²) < 4.78 is 0. The topological polar surface area (TPSA) is 9.72 Å². The lowest BCUT2D eigenvalue weighted by atomic mass is 9.99. The van der Waals surface area contributed by atoms with Crippen molar-refractivity contribution in [1.82, 2.24) is 9.80 Å². The first-order valence-corrected chi connectivity index (χ1v) is 8.04. The Morgan fingerprint density at radius 2 is 1.86 bits per heavy atom. The first kappa shape index (κ1) is 14.6. The second-order valence-corrected chi connectivity index (χ2v) is 6.66. The highest BCUT2D eigenvalue weighted by atomic mass is 15.3. The summed E-state index contributed by atoms with van der Waals surface area (Å²) in [7, 11) is 2.21. The van der Waals surface area contributed by atoms with Crippen LogP contribution in [0.2, 0.25) is 0 Å². The smallest absolute Gasteiger partial charge is 0.0370 e. The fourth-order valence-corrected chi connectivity index (χ4v) is 3.43. The minimum atomic E-state index is 1.04.